The zero-order chi connectivity index (χ0) is 18.9. The van der Waals surface area contributed by atoms with E-state index >= 15 is 0 Å². The van der Waals surface area contributed by atoms with Gasteiger partial charge in [0.2, 0.25) is 0 Å². The van der Waals surface area contributed by atoms with Gasteiger partial charge in [0.05, 0.1) is 6.61 Å². The first kappa shape index (κ1) is 19.5. The molecule has 0 aliphatic carbocycles. The minimum Gasteiger partial charge on any atom is -0.494 e. The maximum Gasteiger partial charge on any atom is 0.279 e. The minimum atomic E-state index is -0.693. The molecule has 0 aliphatic rings. The highest BCUT2D eigenvalue weighted by atomic mass is 32.1. The van der Waals surface area contributed by atoms with E-state index in [1.165, 1.54) is 0 Å². The van der Waals surface area contributed by atoms with Gasteiger partial charge in [-0.15, -0.1) is 0 Å². The van der Waals surface area contributed by atoms with Gasteiger partial charge in [0.25, 0.3) is 5.91 Å². The third kappa shape index (κ3) is 5.93. The van der Waals surface area contributed by atoms with Gasteiger partial charge >= 0.3 is 0 Å². The lowest BCUT2D eigenvalue weighted by atomic mass is 10.2. The van der Waals surface area contributed by atoms with Crippen molar-refractivity contribution in [3.05, 3.63) is 54.1 Å². The van der Waals surface area contributed by atoms with E-state index in [-0.39, 0.29) is 5.91 Å². The number of carbonyl (C=O) groups excluding carboxylic acids is 1. The van der Waals surface area contributed by atoms with E-state index in [0.29, 0.717) is 17.5 Å². The van der Waals surface area contributed by atoms with Crippen LogP contribution in [0, 0.1) is 6.92 Å². The smallest absolute Gasteiger partial charge is 0.279 e. The Kier molecular flexibility index (Phi) is 7.23. The molecule has 1 amide bonds. The number of hydrazine groups is 1. The monoisotopic (exact) mass is 373 g/mol. The maximum absolute atomic E-state index is 12.1. The predicted octanol–water partition coefficient (Wildman–Crippen LogP) is 3.18. The Morgan fingerprint density at radius 3 is 2.38 bits per heavy atom. The molecule has 7 heteroatoms. The van der Waals surface area contributed by atoms with Crippen molar-refractivity contribution in [2.45, 2.75) is 26.9 Å². The van der Waals surface area contributed by atoms with E-state index in [9.17, 15) is 4.79 Å². The van der Waals surface area contributed by atoms with Crippen molar-refractivity contribution in [3.63, 3.8) is 0 Å². The van der Waals surface area contributed by atoms with Crippen LogP contribution in [-0.2, 0) is 4.79 Å². The molecule has 0 heterocycles. The number of anilines is 1. The Hall–Kier alpha value is -2.80. The summed E-state index contributed by atoms with van der Waals surface area (Å²) in [7, 11) is 0. The number of hydrogen-bond acceptors (Lipinski definition) is 4. The van der Waals surface area contributed by atoms with E-state index in [1.54, 1.807) is 31.2 Å². The quantitative estimate of drug-likeness (QED) is 0.534. The summed E-state index contributed by atoms with van der Waals surface area (Å²) in [5.41, 5.74) is 7.13. The number of para-hydroxylation sites is 1. The summed E-state index contributed by atoms with van der Waals surface area (Å²) in [5.74, 6) is 0.996. The van der Waals surface area contributed by atoms with Gasteiger partial charge in [0.15, 0.2) is 11.2 Å². The van der Waals surface area contributed by atoms with Crippen LogP contribution < -0.4 is 25.6 Å². The van der Waals surface area contributed by atoms with Gasteiger partial charge in [-0.25, -0.2) is 0 Å². The fraction of sp³-hybridized carbons (Fsp3) is 0.263. The van der Waals surface area contributed by atoms with Crippen molar-refractivity contribution in [3.8, 4) is 11.5 Å². The van der Waals surface area contributed by atoms with Gasteiger partial charge in [-0.05, 0) is 68.9 Å². The van der Waals surface area contributed by atoms with Crippen molar-refractivity contribution in [2.24, 2.45) is 0 Å². The molecule has 0 aromatic heterocycles. The van der Waals surface area contributed by atoms with Gasteiger partial charge in [-0.3, -0.25) is 15.6 Å². The number of carbonyl (C=O) groups is 1. The summed E-state index contributed by atoms with van der Waals surface area (Å²) in [6.07, 6.45) is -0.693. The Balaban J connectivity index is 1.79. The number of rotatable bonds is 6. The van der Waals surface area contributed by atoms with Crippen molar-refractivity contribution in [2.75, 3.05) is 11.9 Å². The van der Waals surface area contributed by atoms with Crippen LogP contribution in [0.4, 0.5) is 5.69 Å². The average Bonchev–Trinajstić information content (AvgIpc) is 2.63. The molecule has 6 nitrogen and oxygen atoms in total. The lowest BCUT2D eigenvalue weighted by Crippen LogP contribution is -2.48. The molecule has 2 rings (SSSR count). The van der Waals surface area contributed by atoms with Crippen molar-refractivity contribution >= 4 is 28.9 Å². The lowest BCUT2D eigenvalue weighted by molar-refractivity contribution is -0.127. The first-order valence-corrected chi connectivity index (χ1v) is 8.72. The highest BCUT2D eigenvalue weighted by Gasteiger charge is 2.15. The molecular formula is C19H23N3O3S. The number of nitrogens with one attached hydrogen (secondary N) is 3. The van der Waals surface area contributed by atoms with Gasteiger partial charge in [0, 0.05) is 5.69 Å². The Morgan fingerprint density at radius 2 is 1.73 bits per heavy atom. The first-order valence-electron chi connectivity index (χ1n) is 8.31. The molecule has 0 saturated carbocycles. The second-order valence-electron chi connectivity index (χ2n) is 5.55. The normalized spacial score (nSPS) is 11.2. The molecule has 0 spiro atoms. The fourth-order valence-corrected chi connectivity index (χ4v) is 2.29. The second kappa shape index (κ2) is 9.62. The lowest BCUT2D eigenvalue weighted by Gasteiger charge is -2.17. The molecule has 26 heavy (non-hydrogen) atoms. The van der Waals surface area contributed by atoms with E-state index < -0.39 is 6.10 Å². The van der Waals surface area contributed by atoms with Crippen LogP contribution in [0.2, 0.25) is 0 Å². The Bertz CT molecular complexity index is 750. The number of amides is 1. The van der Waals surface area contributed by atoms with Crippen LogP contribution in [0.15, 0.2) is 48.5 Å². The van der Waals surface area contributed by atoms with Crippen LogP contribution in [0.5, 0.6) is 11.5 Å². The van der Waals surface area contributed by atoms with Crippen LogP contribution in [0.1, 0.15) is 19.4 Å². The van der Waals surface area contributed by atoms with Crippen molar-refractivity contribution in [1.29, 1.82) is 0 Å². The molecule has 0 unspecified atom stereocenters. The van der Waals surface area contributed by atoms with Crippen LogP contribution in [-0.4, -0.2) is 23.7 Å². The Morgan fingerprint density at radius 1 is 1.08 bits per heavy atom. The second-order valence-corrected chi connectivity index (χ2v) is 5.96. The summed E-state index contributed by atoms with van der Waals surface area (Å²) in [6, 6.07) is 14.8. The summed E-state index contributed by atoms with van der Waals surface area (Å²) in [5, 5.41) is 3.32. The third-order valence-corrected chi connectivity index (χ3v) is 3.71. The highest BCUT2D eigenvalue weighted by Crippen LogP contribution is 2.18. The van der Waals surface area contributed by atoms with E-state index in [2.05, 4.69) is 16.2 Å². The van der Waals surface area contributed by atoms with Gasteiger partial charge in [0.1, 0.15) is 11.5 Å². The number of benzene rings is 2. The zero-order valence-corrected chi connectivity index (χ0v) is 15.9. The van der Waals surface area contributed by atoms with Crippen LogP contribution in [0.25, 0.3) is 0 Å². The zero-order valence-electron chi connectivity index (χ0n) is 15.0. The minimum absolute atomic E-state index is 0.293. The number of thiocarbonyl (C=S) groups is 1. The van der Waals surface area contributed by atoms with Gasteiger partial charge < -0.3 is 14.8 Å². The predicted molar refractivity (Wildman–Crippen MR) is 106 cm³/mol. The topological polar surface area (TPSA) is 71.6 Å². The summed E-state index contributed by atoms with van der Waals surface area (Å²) < 4.78 is 11.0. The van der Waals surface area contributed by atoms with Crippen LogP contribution >= 0.6 is 12.2 Å². The van der Waals surface area contributed by atoms with E-state index in [1.807, 2.05) is 38.1 Å². The summed E-state index contributed by atoms with van der Waals surface area (Å²) in [6.45, 7) is 6.14. The molecule has 0 fully saturated rings. The molecule has 2 aromatic carbocycles. The molecule has 1 atom stereocenters. The molecule has 2 aromatic rings. The van der Waals surface area contributed by atoms with E-state index in [0.717, 1.165) is 17.0 Å². The maximum atomic E-state index is 12.1. The largest absolute Gasteiger partial charge is 0.494 e. The summed E-state index contributed by atoms with van der Waals surface area (Å²) >= 11 is 5.18. The van der Waals surface area contributed by atoms with Gasteiger partial charge in [-0.2, -0.15) is 0 Å². The molecule has 3 N–H and O–H groups in total. The summed E-state index contributed by atoms with van der Waals surface area (Å²) in [4.78, 5) is 12.1. The number of aryl methyl sites for hydroxylation is 1. The molecule has 138 valence electrons. The molecule has 0 bridgehead atoms. The standard InChI is InChI=1S/C19H23N3O3S/c1-4-24-15-9-11-16(12-10-15)25-14(3)18(23)21-22-19(26)20-17-8-6-5-7-13(17)2/h5-12,14H,4H2,1-3H3,(H,21,23)(H2,20,22,26)/t14-/m0/s1. The van der Waals surface area contributed by atoms with Crippen molar-refractivity contribution < 1.29 is 14.3 Å². The SMILES string of the molecule is CCOc1ccc(O[C@@H](C)C(=O)NNC(=S)Nc2ccccc2C)cc1. The van der Waals surface area contributed by atoms with Crippen molar-refractivity contribution in [1.82, 2.24) is 10.9 Å². The number of hydrogen-bond donors (Lipinski definition) is 3. The fourth-order valence-electron chi connectivity index (χ4n) is 2.13. The van der Waals surface area contributed by atoms with Gasteiger partial charge in [-0.1, -0.05) is 18.2 Å². The average molecular weight is 373 g/mol. The number of ether oxygens (including phenoxy) is 2. The van der Waals surface area contributed by atoms with E-state index in [4.69, 9.17) is 21.7 Å². The van der Waals surface area contributed by atoms with Crippen LogP contribution in [0.3, 0.4) is 0 Å². The molecule has 0 aliphatic heterocycles. The molecule has 0 saturated heterocycles. The Labute approximate surface area is 158 Å². The third-order valence-electron chi connectivity index (χ3n) is 3.51. The highest BCUT2D eigenvalue weighted by molar-refractivity contribution is 7.80. The molecule has 0 radical (unpaired) electrons. The first-order chi connectivity index (χ1) is 12.5. The molecular weight excluding hydrogens is 350 g/mol.